The van der Waals surface area contributed by atoms with Crippen molar-refractivity contribution < 1.29 is 5.11 Å². The molecule has 0 bridgehead atoms. The number of aryl methyl sites for hydroxylation is 1. The van der Waals surface area contributed by atoms with E-state index in [0.717, 1.165) is 32.2 Å². The Morgan fingerprint density at radius 2 is 2.11 bits per heavy atom. The molecule has 2 unspecified atom stereocenters. The van der Waals surface area contributed by atoms with Gasteiger partial charge in [-0.2, -0.15) is 0 Å². The second kappa shape index (κ2) is 4.34. The number of nitrogens with one attached hydrogen (secondary N) is 1. The Hall–Kier alpha value is -0.900. The van der Waals surface area contributed by atoms with Crippen LogP contribution in [0.1, 0.15) is 30.4 Å². The molecule has 1 aromatic rings. The molecule has 1 aromatic carbocycles. The maximum absolute atomic E-state index is 11.1. The molecule has 0 saturated carbocycles. The van der Waals surface area contributed by atoms with E-state index in [9.17, 15) is 5.11 Å². The molecule has 3 heteroatoms. The summed E-state index contributed by atoms with van der Waals surface area (Å²) in [6.45, 7) is 2.20. The molecule has 2 aliphatic rings. The first kappa shape index (κ1) is 12.2. The van der Waals surface area contributed by atoms with Crippen LogP contribution in [0.4, 0.5) is 0 Å². The second-order valence-corrected chi connectivity index (χ2v) is 5.76. The molecule has 2 atom stereocenters. The molecule has 0 amide bonds. The van der Waals surface area contributed by atoms with Crippen LogP contribution in [0, 0.1) is 0 Å². The zero-order chi connectivity index (χ0) is 12.6. The third-order valence-electron chi connectivity index (χ3n) is 4.95. The van der Waals surface area contributed by atoms with Gasteiger partial charge in [-0.3, -0.25) is 0 Å². The normalized spacial score (nSPS) is 35.4. The van der Waals surface area contributed by atoms with Gasteiger partial charge in [0.25, 0.3) is 0 Å². The van der Waals surface area contributed by atoms with Crippen LogP contribution in [0.3, 0.4) is 0 Å². The maximum atomic E-state index is 11.1. The Bertz CT molecular complexity index is 440. The predicted octanol–water partition coefficient (Wildman–Crippen LogP) is 0.944. The van der Waals surface area contributed by atoms with Crippen LogP contribution in [0.25, 0.3) is 0 Å². The Morgan fingerprint density at radius 1 is 1.28 bits per heavy atom. The van der Waals surface area contributed by atoms with Crippen molar-refractivity contribution in [2.24, 2.45) is 5.73 Å². The number of β-amino-alcohol motifs (C(OH)–C–C–N with tert-alkyl or cyclic N) is 1. The van der Waals surface area contributed by atoms with Gasteiger partial charge in [0.15, 0.2) is 0 Å². The average Bonchev–Trinajstić information content (AvgIpc) is 2.80. The Labute approximate surface area is 108 Å². The molecule has 3 nitrogen and oxygen atoms in total. The van der Waals surface area contributed by atoms with Gasteiger partial charge < -0.3 is 16.2 Å². The van der Waals surface area contributed by atoms with E-state index in [4.69, 9.17) is 5.73 Å². The summed E-state index contributed by atoms with van der Waals surface area (Å²) >= 11 is 0. The lowest BCUT2D eigenvalue weighted by Gasteiger charge is -2.47. The predicted molar refractivity (Wildman–Crippen MR) is 72.5 cm³/mol. The molecule has 1 saturated heterocycles. The summed E-state index contributed by atoms with van der Waals surface area (Å²) in [5.41, 5.74) is 7.81. The van der Waals surface area contributed by atoms with Crippen molar-refractivity contribution in [2.75, 3.05) is 19.6 Å². The molecule has 1 fully saturated rings. The van der Waals surface area contributed by atoms with Crippen LogP contribution in [-0.4, -0.2) is 30.3 Å². The zero-order valence-corrected chi connectivity index (χ0v) is 10.8. The standard InChI is InChI=1S/C15H22N2O/c16-10-14(15(18)7-3-9-17-11-15)8-6-12-4-1-2-5-13(12)14/h1-2,4-5,17-18H,3,6-11,16H2. The first-order valence-corrected chi connectivity index (χ1v) is 6.93. The van der Waals surface area contributed by atoms with Gasteiger partial charge in [0.1, 0.15) is 0 Å². The molecule has 0 aromatic heterocycles. The Kier molecular flexibility index (Phi) is 2.93. The first-order chi connectivity index (χ1) is 8.72. The molecule has 4 N–H and O–H groups in total. The smallest absolute Gasteiger partial charge is 0.0880 e. The summed E-state index contributed by atoms with van der Waals surface area (Å²) in [5.74, 6) is 0. The average molecular weight is 246 g/mol. The number of fused-ring (bicyclic) bond motifs is 1. The lowest BCUT2D eigenvalue weighted by molar-refractivity contribution is -0.0546. The van der Waals surface area contributed by atoms with E-state index in [1.54, 1.807) is 0 Å². The third-order valence-corrected chi connectivity index (χ3v) is 4.95. The van der Waals surface area contributed by atoms with Crippen molar-refractivity contribution in [1.82, 2.24) is 5.32 Å². The highest BCUT2D eigenvalue weighted by Gasteiger charge is 2.53. The van der Waals surface area contributed by atoms with Crippen LogP contribution in [0.15, 0.2) is 24.3 Å². The molecule has 98 valence electrons. The molecule has 1 aliphatic carbocycles. The quantitative estimate of drug-likeness (QED) is 0.728. The third kappa shape index (κ3) is 1.54. The van der Waals surface area contributed by atoms with E-state index in [1.807, 2.05) is 0 Å². The van der Waals surface area contributed by atoms with Crippen molar-refractivity contribution in [1.29, 1.82) is 0 Å². The van der Waals surface area contributed by atoms with Crippen molar-refractivity contribution >= 4 is 0 Å². The summed E-state index contributed by atoms with van der Waals surface area (Å²) < 4.78 is 0. The minimum atomic E-state index is -0.688. The molecule has 1 heterocycles. The number of nitrogens with two attached hydrogens (primary N) is 1. The fraction of sp³-hybridized carbons (Fsp3) is 0.600. The molecular formula is C15H22N2O. The maximum Gasteiger partial charge on any atom is 0.0880 e. The minimum Gasteiger partial charge on any atom is -0.388 e. The molecule has 0 radical (unpaired) electrons. The monoisotopic (exact) mass is 246 g/mol. The number of rotatable bonds is 2. The van der Waals surface area contributed by atoms with E-state index < -0.39 is 5.60 Å². The molecular weight excluding hydrogens is 224 g/mol. The number of hydrogen-bond acceptors (Lipinski definition) is 3. The molecule has 18 heavy (non-hydrogen) atoms. The van der Waals surface area contributed by atoms with E-state index in [0.29, 0.717) is 13.1 Å². The van der Waals surface area contributed by atoms with E-state index in [1.165, 1.54) is 11.1 Å². The van der Waals surface area contributed by atoms with Gasteiger partial charge in [0, 0.05) is 18.5 Å². The van der Waals surface area contributed by atoms with Crippen molar-refractivity contribution in [2.45, 2.75) is 36.7 Å². The van der Waals surface area contributed by atoms with Gasteiger partial charge in [-0.15, -0.1) is 0 Å². The van der Waals surface area contributed by atoms with Crippen LogP contribution in [0.5, 0.6) is 0 Å². The van der Waals surface area contributed by atoms with E-state index in [2.05, 4.69) is 29.6 Å². The first-order valence-electron chi connectivity index (χ1n) is 6.93. The van der Waals surface area contributed by atoms with Gasteiger partial charge in [0.05, 0.1) is 5.60 Å². The summed E-state index contributed by atoms with van der Waals surface area (Å²) in [6.07, 6.45) is 3.89. The van der Waals surface area contributed by atoms with Gasteiger partial charge in [-0.05, 0) is 43.4 Å². The Balaban J connectivity index is 2.06. The van der Waals surface area contributed by atoms with Crippen LogP contribution < -0.4 is 11.1 Å². The SMILES string of the molecule is NCC1(C2(O)CCCNC2)CCc2ccccc21. The van der Waals surface area contributed by atoms with E-state index >= 15 is 0 Å². The Morgan fingerprint density at radius 3 is 2.83 bits per heavy atom. The molecule has 1 aliphatic heterocycles. The number of benzene rings is 1. The number of piperidine rings is 1. The summed E-state index contributed by atoms with van der Waals surface area (Å²) in [7, 11) is 0. The largest absolute Gasteiger partial charge is 0.388 e. The van der Waals surface area contributed by atoms with E-state index in [-0.39, 0.29) is 5.41 Å². The van der Waals surface area contributed by atoms with Crippen molar-refractivity contribution in [3.8, 4) is 0 Å². The van der Waals surface area contributed by atoms with Gasteiger partial charge in [-0.1, -0.05) is 24.3 Å². The fourth-order valence-electron chi connectivity index (χ4n) is 3.87. The number of hydrogen-bond donors (Lipinski definition) is 3. The molecule has 0 spiro atoms. The highest BCUT2D eigenvalue weighted by molar-refractivity contribution is 5.43. The van der Waals surface area contributed by atoms with Crippen molar-refractivity contribution in [3.63, 3.8) is 0 Å². The van der Waals surface area contributed by atoms with Gasteiger partial charge >= 0.3 is 0 Å². The zero-order valence-electron chi connectivity index (χ0n) is 10.8. The second-order valence-electron chi connectivity index (χ2n) is 5.76. The van der Waals surface area contributed by atoms with Gasteiger partial charge in [-0.25, -0.2) is 0 Å². The number of aliphatic hydroxyl groups is 1. The topological polar surface area (TPSA) is 58.3 Å². The lowest BCUT2D eigenvalue weighted by atomic mass is 9.65. The minimum absolute atomic E-state index is 0.253. The van der Waals surface area contributed by atoms with Gasteiger partial charge in [0.2, 0.25) is 0 Å². The van der Waals surface area contributed by atoms with Crippen LogP contribution in [-0.2, 0) is 11.8 Å². The van der Waals surface area contributed by atoms with Crippen LogP contribution in [0.2, 0.25) is 0 Å². The lowest BCUT2D eigenvalue weighted by Crippen LogP contribution is -2.61. The molecule has 3 rings (SSSR count). The van der Waals surface area contributed by atoms with Crippen molar-refractivity contribution in [3.05, 3.63) is 35.4 Å². The summed E-state index contributed by atoms with van der Waals surface area (Å²) in [5, 5.41) is 14.5. The van der Waals surface area contributed by atoms with Crippen LogP contribution >= 0.6 is 0 Å². The fourth-order valence-corrected chi connectivity index (χ4v) is 3.87. The summed E-state index contributed by atoms with van der Waals surface area (Å²) in [6, 6.07) is 8.47. The highest BCUT2D eigenvalue weighted by Crippen LogP contribution is 2.47. The summed E-state index contributed by atoms with van der Waals surface area (Å²) in [4.78, 5) is 0. The highest BCUT2D eigenvalue weighted by atomic mass is 16.3.